The number of benzene rings is 2. The Labute approximate surface area is 275 Å². The number of amides is 3. The van der Waals surface area contributed by atoms with Crippen molar-refractivity contribution in [2.75, 3.05) is 43.5 Å². The largest absolute Gasteiger partial charge is 0.378 e. The van der Waals surface area contributed by atoms with Crippen LogP contribution in [0.3, 0.4) is 0 Å². The van der Waals surface area contributed by atoms with E-state index in [1.54, 1.807) is 29.3 Å². The SMILES string of the molecule is Cc1[nH]c(/C=C2\C(=O)Nc3cc(/C=C/CNc4ncccc4C(=O)NCc4ccc(F)c(F)c4)ccc32)c(C)c1C(=O)N1CCOCC1. The molecule has 48 heavy (non-hydrogen) atoms. The lowest BCUT2D eigenvalue weighted by Gasteiger charge is -2.27. The topological polar surface area (TPSA) is 128 Å². The first kappa shape index (κ1) is 32.3. The zero-order valence-electron chi connectivity index (χ0n) is 26.5. The van der Waals surface area contributed by atoms with Crippen molar-refractivity contribution in [2.45, 2.75) is 20.4 Å². The van der Waals surface area contributed by atoms with Crippen molar-refractivity contribution in [3.63, 3.8) is 0 Å². The number of fused-ring (bicyclic) bond motifs is 1. The molecule has 2 aliphatic heterocycles. The number of hydrogen-bond acceptors (Lipinski definition) is 6. The van der Waals surface area contributed by atoms with Crippen LogP contribution in [0.5, 0.6) is 0 Å². The Hall–Kier alpha value is -5.62. The third kappa shape index (κ3) is 6.88. The molecule has 4 aromatic rings. The number of morpholine rings is 1. The number of nitrogens with one attached hydrogen (secondary N) is 4. The Bertz CT molecular complexity index is 1960. The fourth-order valence-electron chi connectivity index (χ4n) is 5.77. The zero-order valence-corrected chi connectivity index (χ0v) is 26.5. The number of hydrogen-bond donors (Lipinski definition) is 4. The van der Waals surface area contributed by atoms with Crippen molar-refractivity contribution in [1.82, 2.24) is 20.2 Å². The molecule has 10 nitrogen and oxygen atoms in total. The monoisotopic (exact) mass is 652 g/mol. The van der Waals surface area contributed by atoms with E-state index in [1.807, 2.05) is 44.2 Å². The molecule has 0 atom stereocenters. The van der Waals surface area contributed by atoms with Gasteiger partial charge in [-0.2, -0.15) is 0 Å². The van der Waals surface area contributed by atoms with Crippen molar-refractivity contribution in [3.05, 3.63) is 117 Å². The van der Waals surface area contributed by atoms with E-state index >= 15 is 0 Å². The van der Waals surface area contributed by atoms with Gasteiger partial charge in [0, 0.05) is 55.0 Å². The van der Waals surface area contributed by atoms with Crippen LogP contribution in [-0.4, -0.2) is 65.4 Å². The number of halogens is 2. The van der Waals surface area contributed by atoms with Crippen molar-refractivity contribution in [3.8, 4) is 0 Å². The average Bonchev–Trinajstić information content (AvgIpc) is 3.56. The van der Waals surface area contributed by atoms with Crippen molar-refractivity contribution < 1.29 is 27.9 Å². The Morgan fingerprint density at radius 2 is 1.88 bits per heavy atom. The minimum absolute atomic E-state index is 0.0237. The quantitative estimate of drug-likeness (QED) is 0.181. The number of aromatic nitrogens is 2. The van der Waals surface area contributed by atoms with Gasteiger partial charge in [0.05, 0.1) is 29.9 Å². The number of H-pyrrole nitrogens is 1. The molecule has 2 aliphatic rings. The van der Waals surface area contributed by atoms with Gasteiger partial charge < -0.3 is 30.6 Å². The van der Waals surface area contributed by atoms with E-state index in [9.17, 15) is 23.2 Å². The summed E-state index contributed by atoms with van der Waals surface area (Å²) in [6, 6.07) is 12.4. The maximum Gasteiger partial charge on any atom is 0.256 e. The summed E-state index contributed by atoms with van der Waals surface area (Å²) in [4.78, 5) is 48.4. The number of pyridine rings is 1. The number of nitrogens with zero attached hydrogens (tertiary/aromatic N) is 2. The Kier molecular flexibility index (Phi) is 9.44. The molecule has 12 heteroatoms. The van der Waals surface area contributed by atoms with Gasteiger partial charge in [-0.25, -0.2) is 13.8 Å². The Morgan fingerprint density at radius 1 is 1.06 bits per heavy atom. The lowest BCUT2D eigenvalue weighted by Crippen LogP contribution is -2.41. The molecule has 4 N–H and O–H groups in total. The predicted molar refractivity (Wildman–Crippen MR) is 179 cm³/mol. The highest BCUT2D eigenvalue weighted by Crippen LogP contribution is 2.35. The molecule has 0 radical (unpaired) electrons. The summed E-state index contributed by atoms with van der Waals surface area (Å²) in [6.45, 7) is 6.26. The minimum Gasteiger partial charge on any atom is -0.378 e. The molecule has 1 saturated heterocycles. The van der Waals surface area contributed by atoms with Crippen molar-refractivity contribution in [2.24, 2.45) is 0 Å². The number of aromatic amines is 1. The lowest BCUT2D eigenvalue weighted by molar-refractivity contribution is -0.110. The van der Waals surface area contributed by atoms with Crippen LogP contribution in [0.25, 0.3) is 17.7 Å². The molecular weight excluding hydrogens is 618 g/mol. The van der Waals surface area contributed by atoms with Crippen molar-refractivity contribution in [1.29, 1.82) is 0 Å². The van der Waals surface area contributed by atoms with E-state index in [0.717, 1.165) is 34.5 Å². The van der Waals surface area contributed by atoms with Gasteiger partial charge >= 0.3 is 0 Å². The highest BCUT2D eigenvalue weighted by atomic mass is 19.2. The first-order valence-corrected chi connectivity index (χ1v) is 15.5. The Morgan fingerprint density at radius 3 is 2.67 bits per heavy atom. The maximum atomic E-state index is 13.5. The smallest absolute Gasteiger partial charge is 0.256 e. The number of anilines is 2. The van der Waals surface area contributed by atoms with Crippen LogP contribution in [0.4, 0.5) is 20.3 Å². The minimum atomic E-state index is -0.978. The standard InChI is InChI=1S/C36H34F2N6O4/c1-21-30(42-22(2)32(21)36(47)44-13-15-48-16-14-44)19-27-25-9-7-23(18-31(25)43-35(27)46)5-3-11-39-33-26(6-4-12-40-33)34(45)41-20-24-8-10-28(37)29(38)17-24/h3-10,12,17-19,42H,11,13-16,20H2,1-2H3,(H,39,40)(H,41,45)(H,43,46)/b5-3+,27-19-. The number of rotatable bonds is 9. The van der Waals surface area contributed by atoms with Gasteiger partial charge in [0.1, 0.15) is 5.82 Å². The summed E-state index contributed by atoms with van der Waals surface area (Å²) in [6.07, 6.45) is 7.10. The second-order valence-corrected chi connectivity index (χ2v) is 11.5. The van der Waals surface area contributed by atoms with Crippen molar-refractivity contribution >= 4 is 47.0 Å². The second kappa shape index (κ2) is 14.0. The molecule has 0 saturated carbocycles. The van der Waals surface area contributed by atoms with Crippen LogP contribution in [0.1, 0.15) is 54.4 Å². The molecular formula is C36H34F2N6O4. The number of carbonyl (C=O) groups is 3. The van der Waals surface area contributed by atoms with Gasteiger partial charge in [0.25, 0.3) is 17.7 Å². The van der Waals surface area contributed by atoms with Gasteiger partial charge in [0.2, 0.25) is 0 Å². The number of aryl methyl sites for hydroxylation is 1. The van der Waals surface area contributed by atoms with E-state index in [0.29, 0.717) is 72.3 Å². The molecule has 0 bridgehead atoms. The van der Waals surface area contributed by atoms with Crippen LogP contribution in [-0.2, 0) is 16.1 Å². The van der Waals surface area contributed by atoms with Crippen LogP contribution < -0.4 is 16.0 Å². The summed E-state index contributed by atoms with van der Waals surface area (Å²) in [5.74, 6) is -2.25. The van der Waals surface area contributed by atoms with Crippen LogP contribution in [0.15, 0.2) is 60.8 Å². The molecule has 6 rings (SSSR count). The third-order valence-electron chi connectivity index (χ3n) is 8.29. The number of carbonyl (C=O) groups excluding carboxylic acids is 3. The first-order valence-electron chi connectivity index (χ1n) is 15.5. The van der Waals surface area contributed by atoms with Crippen LogP contribution >= 0.6 is 0 Å². The summed E-state index contributed by atoms with van der Waals surface area (Å²) >= 11 is 0. The van der Waals surface area contributed by atoms with Gasteiger partial charge in [-0.05, 0) is 66.9 Å². The molecule has 2 aromatic carbocycles. The number of ether oxygens (including phenoxy) is 1. The lowest BCUT2D eigenvalue weighted by atomic mass is 10.0. The predicted octanol–water partition coefficient (Wildman–Crippen LogP) is 5.33. The molecule has 4 heterocycles. The maximum absolute atomic E-state index is 13.5. The molecule has 0 unspecified atom stereocenters. The molecule has 2 aromatic heterocycles. The van der Waals surface area contributed by atoms with Gasteiger partial charge in [0.15, 0.2) is 11.6 Å². The fraction of sp³-hybridized carbons (Fsp3) is 0.222. The van der Waals surface area contributed by atoms with Gasteiger partial charge in [-0.1, -0.05) is 30.4 Å². The second-order valence-electron chi connectivity index (χ2n) is 11.5. The van der Waals surface area contributed by atoms with E-state index in [2.05, 4.69) is 25.9 Å². The van der Waals surface area contributed by atoms with Gasteiger partial charge in [-0.3, -0.25) is 14.4 Å². The summed E-state index contributed by atoms with van der Waals surface area (Å²) in [5, 5.41) is 8.77. The van der Waals surface area contributed by atoms with E-state index < -0.39 is 17.5 Å². The zero-order chi connectivity index (χ0) is 33.8. The van der Waals surface area contributed by atoms with E-state index in [1.165, 1.54) is 6.07 Å². The summed E-state index contributed by atoms with van der Waals surface area (Å²) < 4.78 is 32.1. The molecule has 0 aliphatic carbocycles. The Balaban J connectivity index is 1.10. The summed E-state index contributed by atoms with van der Waals surface area (Å²) in [7, 11) is 0. The molecule has 246 valence electrons. The normalized spacial score (nSPS) is 15.1. The molecule has 1 fully saturated rings. The van der Waals surface area contributed by atoms with E-state index in [4.69, 9.17) is 4.74 Å². The van der Waals surface area contributed by atoms with E-state index in [-0.39, 0.29) is 18.4 Å². The fourth-order valence-corrected chi connectivity index (χ4v) is 5.77. The average molecular weight is 653 g/mol. The first-order chi connectivity index (χ1) is 23.2. The van der Waals surface area contributed by atoms with Gasteiger partial charge in [-0.15, -0.1) is 0 Å². The molecule has 0 spiro atoms. The highest BCUT2D eigenvalue weighted by molar-refractivity contribution is 6.35. The molecule has 3 amide bonds. The highest BCUT2D eigenvalue weighted by Gasteiger charge is 2.27. The third-order valence-corrected chi connectivity index (χ3v) is 8.29. The van der Waals surface area contributed by atoms with Crippen LogP contribution in [0, 0.1) is 25.5 Å². The summed E-state index contributed by atoms with van der Waals surface area (Å²) in [5.41, 5.74) is 6.41. The van der Waals surface area contributed by atoms with Crippen LogP contribution in [0.2, 0.25) is 0 Å².